The molecule has 0 radical (unpaired) electrons. The number of benzene rings is 2. The van der Waals surface area contributed by atoms with Gasteiger partial charge in [0.2, 0.25) is 17.7 Å². The molecule has 2 aromatic carbocycles. The zero-order chi connectivity index (χ0) is 24.0. The van der Waals surface area contributed by atoms with Gasteiger partial charge in [-0.25, -0.2) is 4.98 Å². The molecule has 2 aliphatic heterocycles. The lowest BCUT2D eigenvalue weighted by Gasteiger charge is -2.25. The van der Waals surface area contributed by atoms with E-state index < -0.39 is 0 Å². The number of hydrogen-bond donors (Lipinski definition) is 2. The van der Waals surface area contributed by atoms with E-state index in [-0.39, 0.29) is 11.8 Å². The molecule has 2 fully saturated rings. The van der Waals surface area contributed by atoms with Gasteiger partial charge in [0.25, 0.3) is 0 Å². The lowest BCUT2D eigenvalue weighted by Crippen LogP contribution is -2.36. The average molecular weight is 476 g/mol. The predicted octanol–water partition coefficient (Wildman–Crippen LogP) is 4.34. The first-order valence-corrected chi connectivity index (χ1v) is 12.7. The van der Waals surface area contributed by atoms with Gasteiger partial charge in [-0.1, -0.05) is 12.8 Å². The van der Waals surface area contributed by atoms with Crippen LogP contribution in [0.2, 0.25) is 0 Å². The summed E-state index contributed by atoms with van der Waals surface area (Å²) in [5.74, 6) is 0.507. The minimum Gasteiger partial charge on any atom is -0.436 e. The Morgan fingerprint density at radius 1 is 0.743 bits per heavy atom. The van der Waals surface area contributed by atoms with Gasteiger partial charge in [-0.15, -0.1) is 0 Å². The first kappa shape index (κ1) is 23.5. The van der Waals surface area contributed by atoms with E-state index in [2.05, 4.69) is 25.4 Å². The van der Waals surface area contributed by atoms with Gasteiger partial charge in [0.1, 0.15) is 5.52 Å². The van der Waals surface area contributed by atoms with Crippen molar-refractivity contribution in [3.8, 4) is 11.5 Å². The molecule has 0 spiro atoms. The summed E-state index contributed by atoms with van der Waals surface area (Å²) in [4.78, 5) is 33.8. The lowest BCUT2D eigenvalue weighted by molar-refractivity contribution is -0.118. The van der Waals surface area contributed by atoms with Gasteiger partial charge in [0.05, 0.1) is 13.1 Å². The third-order valence-electron chi connectivity index (χ3n) is 6.72. The second-order valence-electron chi connectivity index (χ2n) is 9.55. The molecule has 2 amide bonds. The fraction of sp³-hybridized carbons (Fsp3) is 0.444. The summed E-state index contributed by atoms with van der Waals surface area (Å²) in [6.07, 6.45) is 7.15. The molecule has 2 N–H and O–H groups in total. The Labute approximate surface area is 205 Å². The zero-order valence-corrected chi connectivity index (χ0v) is 20.1. The summed E-state index contributed by atoms with van der Waals surface area (Å²) in [6.45, 7) is 4.81. The number of aromatic nitrogens is 1. The van der Waals surface area contributed by atoms with E-state index >= 15 is 0 Å². The highest BCUT2D eigenvalue weighted by Gasteiger charge is 2.16. The van der Waals surface area contributed by atoms with E-state index in [1.807, 2.05) is 42.5 Å². The highest BCUT2D eigenvalue weighted by atomic mass is 16.3. The number of rotatable bonds is 7. The predicted molar refractivity (Wildman–Crippen MR) is 137 cm³/mol. The summed E-state index contributed by atoms with van der Waals surface area (Å²) in [5.41, 5.74) is 3.64. The fourth-order valence-corrected chi connectivity index (χ4v) is 4.87. The molecule has 0 saturated carbocycles. The smallest absolute Gasteiger partial charge is 0.238 e. The van der Waals surface area contributed by atoms with Gasteiger partial charge in [-0.3, -0.25) is 19.4 Å². The molecule has 2 saturated heterocycles. The number of piperidine rings is 2. The van der Waals surface area contributed by atoms with Crippen LogP contribution in [0.25, 0.3) is 22.6 Å². The number of anilines is 2. The van der Waals surface area contributed by atoms with Crippen LogP contribution in [0.15, 0.2) is 46.9 Å². The van der Waals surface area contributed by atoms with Crippen LogP contribution in [0.4, 0.5) is 11.4 Å². The van der Waals surface area contributed by atoms with Crippen molar-refractivity contribution in [3.05, 3.63) is 42.5 Å². The van der Waals surface area contributed by atoms with Crippen LogP contribution in [-0.2, 0) is 9.59 Å². The van der Waals surface area contributed by atoms with Gasteiger partial charge in [0, 0.05) is 16.9 Å². The van der Waals surface area contributed by atoms with Crippen molar-refractivity contribution in [3.63, 3.8) is 0 Å². The van der Waals surface area contributed by atoms with Gasteiger partial charge >= 0.3 is 0 Å². The average Bonchev–Trinajstić information content (AvgIpc) is 3.29. The van der Waals surface area contributed by atoms with Crippen molar-refractivity contribution >= 4 is 34.3 Å². The summed E-state index contributed by atoms with van der Waals surface area (Å²) >= 11 is 0. The quantitative estimate of drug-likeness (QED) is 0.528. The van der Waals surface area contributed by atoms with Gasteiger partial charge in [-0.2, -0.15) is 0 Å². The highest BCUT2D eigenvalue weighted by molar-refractivity contribution is 5.94. The molecule has 0 unspecified atom stereocenters. The molecule has 0 aliphatic carbocycles. The third kappa shape index (κ3) is 6.26. The summed E-state index contributed by atoms with van der Waals surface area (Å²) in [7, 11) is 0. The van der Waals surface area contributed by atoms with Crippen molar-refractivity contribution in [1.29, 1.82) is 0 Å². The molecule has 2 aliphatic rings. The van der Waals surface area contributed by atoms with Crippen molar-refractivity contribution in [2.75, 3.05) is 49.9 Å². The number of fused-ring (bicyclic) bond motifs is 1. The van der Waals surface area contributed by atoms with Crippen molar-refractivity contribution in [2.45, 2.75) is 38.5 Å². The molecule has 5 rings (SSSR count). The summed E-state index contributed by atoms with van der Waals surface area (Å²) in [6, 6.07) is 13.0. The third-order valence-corrected chi connectivity index (χ3v) is 6.72. The van der Waals surface area contributed by atoms with E-state index in [1.54, 1.807) is 0 Å². The molecular formula is C27H33N5O3. The highest BCUT2D eigenvalue weighted by Crippen LogP contribution is 2.27. The number of oxazole rings is 1. The molecule has 0 bridgehead atoms. The molecular weight excluding hydrogens is 442 g/mol. The maximum atomic E-state index is 12.4. The van der Waals surface area contributed by atoms with Crippen LogP contribution in [0, 0.1) is 0 Å². The largest absolute Gasteiger partial charge is 0.436 e. The number of hydrogen-bond acceptors (Lipinski definition) is 6. The summed E-state index contributed by atoms with van der Waals surface area (Å²) in [5, 5.41) is 5.95. The monoisotopic (exact) mass is 475 g/mol. The van der Waals surface area contributed by atoms with E-state index in [0.717, 1.165) is 50.3 Å². The van der Waals surface area contributed by atoms with E-state index in [4.69, 9.17) is 4.42 Å². The number of nitrogens with zero attached hydrogens (tertiary/aromatic N) is 3. The van der Waals surface area contributed by atoms with Crippen LogP contribution >= 0.6 is 0 Å². The minimum atomic E-state index is -0.00658. The Balaban J connectivity index is 1.19. The van der Waals surface area contributed by atoms with Gasteiger partial charge in [0.15, 0.2) is 5.58 Å². The van der Waals surface area contributed by atoms with Crippen molar-refractivity contribution in [1.82, 2.24) is 14.8 Å². The van der Waals surface area contributed by atoms with Crippen LogP contribution in [-0.4, -0.2) is 65.9 Å². The Hall–Kier alpha value is -3.23. The number of carbonyl (C=O) groups is 2. The number of carbonyl (C=O) groups excluding carboxylic acids is 2. The SMILES string of the molecule is O=C(CN1CCCCC1)Nc1ccc(-c2nc3cc(NC(=O)CN4CCCCC4)ccc3o2)cc1. The molecule has 8 heteroatoms. The molecule has 8 nitrogen and oxygen atoms in total. The zero-order valence-electron chi connectivity index (χ0n) is 20.1. The second-order valence-corrected chi connectivity index (χ2v) is 9.55. The Kier molecular flexibility index (Phi) is 7.39. The van der Waals surface area contributed by atoms with Crippen LogP contribution in [0.3, 0.4) is 0 Å². The first-order valence-electron chi connectivity index (χ1n) is 12.7. The Morgan fingerprint density at radius 2 is 1.29 bits per heavy atom. The van der Waals surface area contributed by atoms with Gasteiger partial charge in [-0.05, 0) is 94.3 Å². The topological polar surface area (TPSA) is 90.7 Å². The van der Waals surface area contributed by atoms with E-state index in [0.29, 0.717) is 35.8 Å². The van der Waals surface area contributed by atoms with Crippen molar-refractivity contribution in [2.24, 2.45) is 0 Å². The van der Waals surface area contributed by atoms with Crippen LogP contribution in [0.1, 0.15) is 38.5 Å². The second kappa shape index (κ2) is 11.0. The first-order chi connectivity index (χ1) is 17.1. The van der Waals surface area contributed by atoms with Crippen molar-refractivity contribution < 1.29 is 14.0 Å². The van der Waals surface area contributed by atoms with E-state index in [1.165, 1.54) is 25.7 Å². The number of amides is 2. The fourth-order valence-electron chi connectivity index (χ4n) is 4.87. The molecule has 184 valence electrons. The van der Waals surface area contributed by atoms with Gasteiger partial charge < -0.3 is 15.1 Å². The minimum absolute atomic E-state index is 0.00658. The molecule has 35 heavy (non-hydrogen) atoms. The standard InChI is InChI=1S/C27H33N5O3/c33-25(18-31-13-3-1-4-14-31)28-21-9-7-20(8-10-21)27-30-23-17-22(11-12-24(23)35-27)29-26(34)19-32-15-5-2-6-16-32/h7-12,17H,1-6,13-16,18-19H2,(H,28,33)(H,29,34). The maximum Gasteiger partial charge on any atom is 0.238 e. The maximum absolute atomic E-state index is 12.4. The van der Waals surface area contributed by atoms with E-state index in [9.17, 15) is 9.59 Å². The van der Waals surface area contributed by atoms with Crippen LogP contribution in [0.5, 0.6) is 0 Å². The normalized spacial score (nSPS) is 17.4. The number of likely N-dealkylation sites (tertiary alicyclic amines) is 2. The lowest BCUT2D eigenvalue weighted by atomic mass is 10.1. The number of nitrogens with one attached hydrogen (secondary N) is 2. The summed E-state index contributed by atoms with van der Waals surface area (Å²) < 4.78 is 5.93. The Morgan fingerprint density at radius 3 is 1.89 bits per heavy atom. The van der Waals surface area contributed by atoms with Crippen LogP contribution < -0.4 is 10.6 Å². The molecule has 3 heterocycles. The Bertz CT molecular complexity index is 1160. The molecule has 1 aromatic heterocycles. The molecule has 0 atom stereocenters. The molecule has 3 aromatic rings.